The van der Waals surface area contributed by atoms with E-state index in [2.05, 4.69) is 24.5 Å². The molecule has 9 nitrogen and oxygen atoms in total. The minimum Gasteiger partial charge on any atom is -0.341 e. The average molecular weight is 370 g/mol. The molecule has 2 saturated heterocycles. The third-order valence-electron chi connectivity index (χ3n) is 3.73. The van der Waals surface area contributed by atoms with Gasteiger partial charge in [-0.15, -0.1) is 0 Å². The van der Waals surface area contributed by atoms with Crippen LogP contribution in [0.3, 0.4) is 0 Å². The summed E-state index contributed by atoms with van der Waals surface area (Å²) in [7, 11) is -2.63. The third-order valence-corrected chi connectivity index (χ3v) is 4.04. The molecular weight excluding hydrogens is 344 g/mol. The second-order valence-corrected chi connectivity index (χ2v) is 6.04. The van der Waals surface area contributed by atoms with Crippen LogP contribution in [0.15, 0.2) is 22.8 Å². The molecule has 3 heterocycles. The molecule has 0 atom stereocenters. The molecule has 10 heteroatoms. The van der Waals surface area contributed by atoms with Crippen LogP contribution in [0.2, 0.25) is 0 Å². The van der Waals surface area contributed by atoms with Crippen LogP contribution in [0.25, 0.3) is 0 Å². The second-order valence-electron chi connectivity index (χ2n) is 5.42. The van der Waals surface area contributed by atoms with E-state index in [0.29, 0.717) is 26.2 Å². The van der Waals surface area contributed by atoms with Gasteiger partial charge in [-0.25, -0.2) is 14.8 Å². The Morgan fingerprint density at radius 3 is 2.20 bits per heavy atom. The average Bonchev–Trinajstić information content (AvgIpc) is 2.64. The van der Waals surface area contributed by atoms with Crippen LogP contribution < -0.4 is 10.2 Å². The monoisotopic (exact) mass is 370 g/mol. The molecule has 0 aliphatic carbocycles. The number of amides is 2. The Labute approximate surface area is 150 Å². The summed E-state index contributed by atoms with van der Waals surface area (Å²) in [6, 6.07) is 1.18. The lowest BCUT2D eigenvalue weighted by atomic mass is 10.1. The summed E-state index contributed by atoms with van der Waals surface area (Å²) in [5.74, 6) is 0.886. The summed E-state index contributed by atoms with van der Waals surface area (Å²) >= 11 is 0. The van der Waals surface area contributed by atoms with Gasteiger partial charge in [0.1, 0.15) is 0 Å². The molecule has 25 heavy (non-hydrogen) atoms. The van der Waals surface area contributed by atoms with Gasteiger partial charge in [-0.05, 0) is 25.3 Å². The van der Waals surface area contributed by atoms with Crippen molar-refractivity contribution >= 4 is 22.5 Å². The normalized spacial score (nSPS) is 16.8. The molecular formula is C15H26N6O3S. The molecule has 0 aromatic carbocycles. The summed E-state index contributed by atoms with van der Waals surface area (Å²) in [4.78, 5) is 23.0. The first kappa shape index (κ1) is 21.0. The van der Waals surface area contributed by atoms with Crippen molar-refractivity contribution in [3.63, 3.8) is 0 Å². The van der Waals surface area contributed by atoms with Gasteiger partial charge in [0.05, 0.1) is 0 Å². The first-order valence-corrected chi connectivity index (χ1v) is 9.02. The molecule has 2 aliphatic rings. The summed E-state index contributed by atoms with van der Waals surface area (Å²) in [6.07, 6.45) is 7.51. The van der Waals surface area contributed by atoms with Crippen LogP contribution in [0.5, 0.6) is 0 Å². The molecule has 0 saturated carbocycles. The van der Waals surface area contributed by atoms with Crippen molar-refractivity contribution in [1.29, 1.82) is 0 Å². The first-order valence-electron chi connectivity index (χ1n) is 7.99. The van der Waals surface area contributed by atoms with Crippen molar-refractivity contribution < 1.29 is 13.2 Å². The molecule has 1 N–H and O–H groups in total. The number of carbonyl (C=O) groups excluding carboxylic acids is 1. The smallest absolute Gasteiger partial charge is 0.341 e. The number of urea groups is 1. The number of rotatable bonds is 1. The number of nitrogens with zero attached hydrogens (tertiary/aromatic N) is 5. The topological polar surface area (TPSA) is 108 Å². The standard InChI is InChI=1S/C9H13N3.C5H9N3O3S.CH4/c1-2-7-12(8-3-1)9-10-5-4-6-11-9;9-5(7-12(10)11)8-3-1-6-2-4-8;/h4-6H,1-3,7-8H2;6H,1-4H2;1H4. The number of nitrogens with one attached hydrogen (secondary N) is 1. The number of aromatic nitrogens is 2. The number of piperazine rings is 1. The fourth-order valence-corrected chi connectivity index (χ4v) is 2.77. The quantitative estimate of drug-likeness (QED) is 0.790. The van der Waals surface area contributed by atoms with Gasteiger partial charge in [0.15, 0.2) is 0 Å². The van der Waals surface area contributed by atoms with E-state index in [0.717, 1.165) is 19.0 Å². The lowest BCUT2D eigenvalue weighted by Crippen LogP contribution is -2.45. The molecule has 2 aliphatic heterocycles. The lowest BCUT2D eigenvalue weighted by Gasteiger charge is -2.26. The number of carbonyl (C=O) groups is 1. The Bertz CT molecular complexity index is 632. The predicted molar refractivity (Wildman–Crippen MR) is 96.0 cm³/mol. The van der Waals surface area contributed by atoms with E-state index in [1.54, 1.807) is 12.4 Å². The van der Waals surface area contributed by atoms with Crippen LogP contribution in [-0.4, -0.2) is 68.6 Å². The van der Waals surface area contributed by atoms with Gasteiger partial charge in [0.25, 0.3) is 0 Å². The van der Waals surface area contributed by atoms with E-state index in [1.165, 1.54) is 24.2 Å². The van der Waals surface area contributed by atoms with E-state index >= 15 is 0 Å². The molecule has 2 fully saturated rings. The predicted octanol–water partition coefficient (Wildman–Crippen LogP) is 1.18. The van der Waals surface area contributed by atoms with E-state index < -0.39 is 16.5 Å². The molecule has 0 unspecified atom stereocenters. The maximum atomic E-state index is 10.9. The van der Waals surface area contributed by atoms with Crippen LogP contribution >= 0.6 is 0 Å². The Morgan fingerprint density at radius 2 is 1.64 bits per heavy atom. The van der Waals surface area contributed by atoms with Crippen LogP contribution in [0, 0.1) is 0 Å². The van der Waals surface area contributed by atoms with Crippen molar-refractivity contribution in [3.8, 4) is 0 Å². The highest BCUT2D eigenvalue weighted by Gasteiger charge is 2.15. The van der Waals surface area contributed by atoms with E-state index in [-0.39, 0.29) is 7.43 Å². The van der Waals surface area contributed by atoms with Gasteiger partial charge in [-0.2, -0.15) is 8.42 Å². The maximum Gasteiger partial charge on any atom is 0.358 e. The van der Waals surface area contributed by atoms with Crippen molar-refractivity contribution in [1.82, 2.24) is 20.2 Å². The fourth-order valence-electron chi connectivity index (χ4n) is 2.53. The molecule has 1 aromatic rings. The zero-order chi connectivity index (χ0) is 17.2. The zero-order valence-corrected chi connectivity index (χ0v) is 14.3. The largest absolute Gasteiger partial charge is 0.358 e. The van der Waals surface area contributed by atoms with Gasteiger partial charge >= 0.3 is 16.5 Å². The van der Waals surface area contributed by atoms with Crippen molar-refractivity contribution in [2.75, 3.05) is 44.2 Å². The number of hydrogen-bond donors (Lipinski definition) is 1. The van der Waals surface area contributed by atoms with E-state index in [4.69, 9.17) is 0 Å². The first-order chi connectivity index (χ1) is 11.7. The number of piperidine rings is 1. The maximum absolute atomic E-state index is 10.9. The minimum atomic E-state index is -2.63. The number of anilines is 1. The van der Waals surface area contributed by atoms with Gasteiger partial charge in [0, 0.05) is 51.7 Å². The van der Waals surface area contributed by atoms with E-state index in [1.807, 2.05) is 6.07 Å². The summed E-state index contributed by atoms with van der Waals surface area (Å²) in [5.41, 5.74) is 0. The Kier molecular flexibility index (Phi) is 9.63. The highest BCUT2D eigenvalue weighted by Crippen LogP contribution is 2.13. The molecule has 3 rings (SSSR count). The number of hydrogen-bond acceptors (Lipinski definition) is 7. The lowest BCUT2D eigenvalue weighted by molar-refractivity contribution is 0.200. The minimum absolute atomic E-state index is 0. The zero-order valence-electron chi connectivity index (χ0n) is 13.5. The van der Waals surface area contributed by atoms with E-state index in [9.17, 15) is 13.2 Å². The van der Waals surface area contributed by atoms with Crippen LogP contribution in [0.1, 0.15) is 26.7 Å². The highest BCUT2D eigenvalue weighted by atomic mass is 32.2. The SMILES string of the molecule is C.O=C(N=S(=O)=O)N1CCNCC1.c1cnc(N2CCCCC2)nc1. The molecule has 1 aromatic heterocycles. The Morgan fingerprint density at radius 1 is 1.04 bits per heavy atom. The third kappa shape index (κ3) is 7.57. The van der Waals surface area contributed by atoms with Crippen molar-refractivity contribution in [2.24, 2.45) is 4.36 Å². The Balaban J connectivity index is 0.000000240. The second kappa shape index (κ2) is 11.5. The van der Waals surface area contributed by atoms with Crippen LogP contribution in [-0.2, 0) is 10.5 Å². The van der Waals surface area contributed by atoms with Gasteiger partial charge in [0.2, 0.25) is 5.95 Å². The fraction of sp³-hybridized carbons (Fsp3) is 0.667. The van der Waals surface area contributed by atoms with Gasteiger partial charge < -0.3 is 15.1 Å². The molecule has 0 spiro atoms. The highest BCUT2D eigenvalue weighted by molar-refractivity contribution is 7.62. The van der Waals surface area contributed by atoms with Crippen LogP contribution in [0.4, 0.5) is 10.7 Å². The van der Waals surface area contributed by atoms with Crippen molar-refractivity contribution in [3.05, 3.63) is 18.5 Å². The van der Waals surface area contributed by atoms with Gasteiger partial charge in [-0.1, -0.05) is 11.8 Å². The summed E-state index contributed by atoms with van der Waals surface area (Å²) < 4.78 is 22.9. The molecule has 0 radical (unpaired) electrons. The molecule has 2 amide bonds. The summed E-state index contributed by atoms with van der Waals surface area (Å²) in [5, 5.41) is 3.03. The molecule has 0 bridgehead atoms. The van der Waals surface area contributed by atoms with Gasteiger partial charge in [-0.3, -0.25) is 0 Å². The van der Waals surface area contributed by atoms with Crippen molar-refractivity contribution in [2.45, 2.75) is 26.7 Å². The molecule has 140 valence electrons. The summed E-state index contributed by atoms with van der Waals surface area (Å²) in [6.45, 7) is 4.63. The Hall–Kier alpha value is -2.07.